The van der Waals surface area contributed by atoms with E-state index in [2.05, 4.69) is 36.2 Å². The highest BCUT2D eigenvalue weighted by molar-refractivity contribution is 6.30. The Morgan fingerprint density at radius 2 is 2.05 bits per heavy atom. The van der Waals surface area contributed by atoms with E-state index in [-0.39, 0.29) is 0 Å². The standard InChI is InChI=1S/C16H25ClN2/c1-4-16(5-2)8-9-19(12-16)15-10-14(17)7-6-13(15)11-18-3/h6-7,10,18H,4-5,8-9,11-12H2,1-3H3. The molecule has 1 heterocycles. The molecule has 0 aromatic heterocycles. The highest BCUT2D eigenvalue weighted by Gasteiger charge is 2.35. The molecule has 1 aromatic rings. The molecule has 0 bridgehead atoms. The fourth-order valence-electron chi connectivity index (χ4n) is 3.14. The summed E-state index contributed by atoms with van der Waals surface area (Å²) in [5, 5.41) is 4.08. The minimum atomic E-state index is 0.499. The van der Waals surface area contributed by atoms with Crippen molar-refractivity contribution in [3.63, 3.8) is 0 Å². The highest BCUT2D eigenvalue weighted by Crippen LogP contribution is 2.40. The lowest BCUT2D eigenvalue weighted by Gasteiger charge is -2.28. The third kappa shape index (κ3) is 3.06. The first-order chi connectivity index (χ1) is 9.14. The molecule has 0 amide bonds. The first-order valence-corrected chi connectivity index (χ1v) is 7.70. The lowest BCUT2D eigenvalue weighted by molar-refractivity contribution is 0.301. The summed E-state index contributed by atoms with van der Waals surface area (Å²) >= 11 is 6.19. The topological polar surface area (TPSA) is 15.3 Å². The minimum absolute atomic E-state index is 0.499. The van der Waals surface area contributed by atoms with Crippen molar-refractivity contribution < 1.29 is 0 Å². The van der Waals surface area contributed by atoms with E-state index in [1.54, 1.807) is 0 Å². The SMILES string of the molecule is CCC1(CC)CCN(c2cc(Cl)ccc2CNC)C1. The smallest absolute Gasteiger partial charge is 0.0426 e. The van der Waals surface area contributed by atoms with E-state index in [1.165, 1.54) is 30.5 Å². The Morgan fingerprint density at radius 3 is 2.63 bits per heavy atom. The molecule has 3 heteroatoms. The zero-order chi connectivity index (χ0) is 13.9. The Kier molecular flexibility index (Phi) is 4.75. The molecule has 0 radical (unpaired) electrons. The molecule has 0 spiro atoms. The van der Waals surface area contributed by atoms with Crippen molar-refractivity contribution in [3.05, 3.63) is 28.8 Å². The summed E-state index contributed by atoms with van der Waals surface area (Å²) in [6, 6.07) is 6.25. The van der Waals surface area contributed by atoms with Gasteiger partial charge in [-0.05, 0) is 49.4 Å². The summed E-state index contributed by atoms with van der Waals surface area (Å²) in [5.41, 5.74) is 3.15. The van der Waals surface area contributed by atoms with E-state index in [1.807, 2.05) is 13.1 Å². The van der Waals surface area contributed by atoms with Gasteiger partial charge in [-0.15, -0.1) is 0 Å². The van der Waals surface area contributed by atoms with E-state index in [0.717, 1.165) is 24.7 Å². The molecule has 1 aliphatic rings. The van der Waals surface area contributed by atoms with Gasteiger partial charge in [0.2, 0.25) is 0 Å². The first-order valence-electron chi connectivity index (χ1n) is 7.32. The van der Waals surface area contributed by atoms with Crippen molar-refractivity contribution in [2.24, 2.45) is 5.41 Å². The Labute approximate surface area is 122 Å². The molecular weight excluding hydrogens is 256 g/mol. The molecule has 1 aliphatic heterocycles. The molecule has 1 aromatic carbocycles. The predicted octanol–water partition coefficient (Wildman–Crippen LogP) is 4.08. The van der Waals surface area contributed by atoms with Gasteiger partial charge in [0.1, 0.15) is 0 Å². The number of rotatable bonds is 5. The summed E-state index contributed by atoms with van der Waals surface area (Å²) in [6.45, 7) is 7.85. The Bertz CT molecular complexity index is 427. The number of anilines is 1. The van der Waals surface area contributed by atoms with E-state index in [9.17, 15) is 0 Å². The number of hydrogen-bond acceptors (Lipinski definition) is 2. The van der Waals surface area contributed by atoms with Crippen LogP contribution in [-0.4, -0.2) is 20.1 Å². The van der Waals surface area contributed by atoms with Crippen molar-refractivity contribution in [1.82, 2.24) is 5.32 Å². The van der Waals surface area contributed by atoms with Gasteiger partial charge in [-0.25, -0.2) is 0 Å². The van der Waals surface area contributed by atoms with Gasteiger partial charge in [0, 0.05) is 30.3 Å². The lowest BCUT2D eigenvalue weighted by Crippen LogP contribution is -2.27. The second-order valence-electron chi connectivity index (χ2n) is 5.68. The van der Waals surface area contributed by atoms with Crippen molar-refractivity contribution >= 4 is 17.3 Å². The van der Waals surface area contributed by atoms with Crippen molar-refractivity contribution in [3.8, 4) is 0 Å². The van der Waals surface area contributed by atoms with E-state index in [4.69, 9.17) is 11.6 Å². The van der Waals surface area contributed by atoms with Crippen LogP contribution in [0.1, 0.15) is 38.7 Å². The van der Waals surface area contributed by atoms with E-state index in [0.29, 0.717) is 5.41 Å². The van der Waals surface area contributed by atoms with Crippen molar-refractivity contribution in [2.45, 2.75) is 39.7 Å². The average molecular weight is 281 g/mol. The van der Waals surface area contributed by atoms with Gasteiger partial charge in [-0.2, -0.15) is 0 Å². The summed E-state index contributed by atoms with van der Waals surface area (Å²) in [7, 11) is 1.99. The third-order valence-corrected chi connectivity index (χ3v) is 4.93. The molecule has 106 valence electrons. The molecule has 0 atom stereocenters. The molecule has 19 heavy (non-hydrogen) atoms. The predicted molar refractivity (Wildman–Crippen MR) is 84.1 cm³/mol. The molecular formula is C16H25ClN2. The number of nitrogens with zero attached hydrogens (tertiary/aromatic N) is 1. The lowest BCUT2D eigenvalue weighted by atomic mass is 9.82. The van der Waals surface area contributed by atoms with Gasteiger partial charge >= 0.3 is 0 Å². The molecule has 1 saturated heterocycles. The molecule has 1 N–H and O–H groups in total. The Morgan fingerprint density at radius 1 is 1.32 bits per heavy atom. The molecule has 1 fully saturated rings. The van der Waals surface area contributed by atoms with Crippen LogP contribution in [0.3, 0.4) is 0 Å². The normalized spacial score (nSPS) is 18.0. The maximum atomic E-state index is 6.19. The summed E-state index contributed by atoms with van der Waals surface area (Å²) in [4.78, 5) is 2.52. The average Bonchev–Trinajstić information content (AvgIpc) is 2.86. The zero-order valence-corrected chi connectivity index (χ0v) is 13.1. The molecule has 0 aliphatic carbocycles. The number of halogens is 1. The van der Waals surface area contributed by atoms with Crippen LogP contribution in [-0.2, 0) is 6.54 Å². The third-order valence-electron chi connectivity index (χ3n) is 4.69. The monoisotopic (exact) mass is 280 g/mol. The van der Waals surface area contributed by atoms with Crippen molar-refractivity contribution in [1.29, 1.82) is 0 Å². The quantitative estimate of drug-likeness (QED) is 0.874. The van der Waals surface area contributed by atoms with Crippen LogP contribution in [0, 0.1) is 5.41 Å². The fraction of sp³-hybridized carbons (Fsp3) is 0.625. The van der Waals surface area contributed by atoms with Crippen LogP contribution in [0.5, 0.6) is 0 Å². The summed E-state index contributed by atoms with van der Waals surface area (Å²) in [5.74, 6) is 0. The van der Waals surface area contributed by atoms with Crippen LogP contribution in [0.4, 0.5) is 5.69 Å². The van der Waals surface area contributed by atoms with Crippen LogP contribution < -0.4 is 10.2 Å². The summed E-state index contributed by atoms with van der Waals surface area (Å²) < 4.78 is 0. The van der Waals surface area contributed by atoms with Gasteiger partial charge in [0.15, 0.2) is 0 Å². The highest BCUT2D eigenvalue weighted by atomic mass is 35.5. The van der Waals surface area contributed by atoms with Crippen LogP contribution in [0.2, 0.25) is 5.02 Å². The molecule has 0 saturated carbocycles. The fourth-order valence-corrected chi connectivity index (χ4v) is 3.31. The van der Waals surface area contributed by atoms with E-state index >= 15 is 0 Å². The van der Waals surface area contributed by atoms with Gasteiger partial charge in [-0.3, -0.25) is 0 Å². The zero-order valence-electron chi connectivity index (χ0n) is 12.3. The van der Waals surface area contributed by atoms with Crippen LogP contribution >= 0.6 is 11.6 Å². The van der Waals surface area contributed by atoms with Gasteiger partial charge in [-0.1, -0.05) is 31.5 Å². The minimum Gasteiger partial charge on any atom is -0.371 e. The van der Waals surface area contributed by atoms with E-state index < -0.39 is 0 Å². The Balaban J connectivity index is 2.25. The largest absolute Gasteiger partial charge is 0.371 e. The van der Waals surface area contributed by atoms with Crippen molar-refractivity contribution in [2.75, 3.05) is 25.0 Å². The molecule has 0 unspecified atom stereocenters. The Hall–Kier alpha value is -0.730. The summed E-state index contributed by atoms with van der Waals surface area (Å²) in [6.07, 6.45) is 3.83. The van der Waals surface area contributed by atoms with Gasteiger partial charge < -0.3 is 10.2 Å². The molecule has 2 nitrogen and oxygen atoms in total. The number of hydrogen-bond donors (Lipinski definition) is 1. The second-order valence-corrected chi connectivity index (χ2v) is 6.12. The van der Waals surface area contributed by atoms with Gasteiger partial charge in [0.25, 0.3) is 0 Å². The second kappa shape index (κ2) is 6.15. The maximum Gasteiger partial charge on any atom is 0.0426 e. The first kappa shape index (κ1) is 14.7. The molecule has 2 rings (SSSR count). The van der Waals surface area contributed by atoms with Crippen LogP contribution in [0.25, 0.3) is 0 Å². The number of nitrogens with one attached hydrogen (secondary N) is 1. The number of benzene rings is 1. The van der Waals surface area contributed by atoms with Gasteiger partial charge in [0.05, 0.1) is 0 Å². The maximum absolute atomic E-state index is 6.19. The van der Waals surface area contributed by atoms with Crippen LogP contribution in [0.15, 0.2) is 18.2 Å².